The van der Waals surface area contributed by atoms with Gasteiger partial charge in [0.25, 0.3) is 5.91 Å². The van der Waals surface area contributed by atoms with Crippen molar-refractivity contribution in [3.8, 4) is 11.5 Å². The van der Waals surface area contributed by atoms with Crippen LogP contribution in [0.5, 0.6) is 11.5 Å². The molecule has 0 aliphatic heterocycles. The smallest absolute Gasteiger partial charge is 0.258 e. The van der Waals surface area contributed by atoms with Crippen molar-refractivity contribution in [3.05, 3.63) is 18.2 Å². The van der Waals surface area contributed by atoms with Gasteiger partial charge in [-0.15, -0.1) is 0 Å². The summed E-state index contributed by atoms with van der Waals surface area (Å²) in [4.78, 5) is 11.0. The minimum Gasteiger partial charge on any atom is -0.497 e. The largest absolute Gasteiger partial charge is 0.497 e. The van der Waals surface area contributed by atoms with E-state index in [4.69, 9.17) is 20.9 Å². The molecule has 0 radical (unpaired) electrons. The molecule has 5 heteroatoms. The number of carbonyl (C=O) groups is 1. The van der Waals surface area contributed by atoms with Crippen LogP contribution in [0.2, 0.25) is 0 Å². The van der Waals surface area contributed by atoms with Crippen LogP contribution in [0.1, 0.15) is 13.3 Å². The van der Waals surface area contributed by atoms with E-state index < -0.39 is 12.0 Å². The van der Waals surface area contributed by atoms with Crippen LogP contribution in [-0.2, 0) is 4.79 Å². The molecule has 88 valence electrons. The standard InChI is InChI=1S/C11H16N2O3/c1-3-9(11(13)14)16-10-6-7(15-2)4-5-8(10)12/h4-6,9H,3,12H2,1-2H3,(H2,13,14). The lowest BCUT2D eigenvalue weighted by Gasteiger charge is -2.16. The summed E-state index contributed by atoms with van der Waals surface area (Å²) in [6.07, 6.45) is -0.180. The van der Waals surface area contributed by atoms with Gasteiger partial charge in [-0.2, -0.15) is 0 Å². The molecular formula is C11H16N2O3. The van der Waals surface area contributed by atoms with Crippen LogP contribution in [0.4, 0.5) is 5.69 Å². The number of hydrogen-bond donors (Lipinski definition) is 2. The molecule has 0 aliphatic carbocycles. The molecule has 1 aromatic rings. The van der Waals surface area contributed by atoms with Crippen LogP contribution in [0.15, 0.2) is 18.2 Å². The molecule has 0 aliphatic rings. The van der Waals surface area contributed by atoms with Crippen LogP contribution in [-0.4, -0.2) is 19.1 Å². The number of primary amides is 1. The van der Waals surface area contributed by atoms with E-state index in [0.29, 0.717) is 23.6 Å². The van der Waals surface area contributed by atoms with Crippen LogP contribution < -0.4 is 20.9 Å². The Labute approximate surface area is 94.3 Å². The van der Waals surface area contributed by atoms with Gasteiger partial charge >= 0.3 is 0 Å². The Morgan fingerprint density at radius 3 is 2.69 bits per heavy atom. The van der Waals surface area contributed by atoms with E-state index in [-0.39, 0.29) is 0 Å². The SMILES string of the molecule is CCC(Oc1cc(OC)ccc1N)C(N)=O. The van der Waals surface area contributed by atoms with Crippen molar-refractivity contribution >= 4 is 11.6 Å². The van der Waals surface area contributed by atoms with Gasteiger partial charge < -0.3 is 20.9 Å². The number of amides is 1. The topological polar surface area (TPSA) is 87.6 Å². The zero-order valence-electron chi connectivity index (χ0n) is 9.40. The van der Waals surface area contributed by atoms with Gasteiger partial charge in [-0.25, -0.2) is 0 Å². The van der Waals surface area contributed by atoms with E-state index in [1.54, 1.807) is 25.3 Å². The second-order valence-corrected chi connectivity index (χ2v) is 3.32. The summed E-state index contributed by atoms with van der Waals surface area (Å²) in [7, 11) is 1.54. The molecule has 4 N–H and O–H groups in total. The van der Waals surface area contributed by atoms with Crippen LogP contribution in [0.3, 0.4) is 0 Å². The highest BCUT2D eigenvalue weighted by Crippen LogP contribution is 2.27. The van der Waals surface area contributed by atoms with Crippen molar-refractivity contribution in [1.29, 1.82) is 0 Å². The summed E-state index contributed by atoms with van der Waals surface area (Å²) in [6, 6.07) is 5.00. The number of rotatable bonds is 5. The number of nitrogen functional groups attached to an aromatic ring is 1. The molecular weight excluding hydrogens is 208 g/mol. The monoisotopic (exact) mass is 224 g/mol. The van der Waals surface area contributed by atoms with Crippen molar-refractivity contribution in [2.75, 3.05) is 12.8 Å². The molecule has 16 heavy (non-hydrogen) atoms. The van der Waals surface area contributed by atoms with E-state index in [9.17, 15) is 4.79 Å². The molecule has 0 saturated heterocycles. The van der Waals surface area contributed by atoms with Crippen LogP contribution in [0.25, 0.3) is 0 Å². The molecule has 1 aromatic carbocycles. The van der Waals surface area contributed by atoms with Gasteiger partial charge in [0.1, 0.15) is 11.5 Å². The highest BCUT2D eigenvalue weighted by atomic mass is 16.5. The van der Waals surface area contributed by atoms with Crippen LogP contribution >= 0.6 is 0 Å². The normalized spacial score (nSPS) is 11.9. The maximum absolute atomic E-state index is 11.0. The first-order chi connectivity index (χ1) is 7.58. The predicted molar refractivity (Wildman–Crippen MR) is 61.3 cm³/mol. The fourth-order valence-corrected chi connectivity index (χ4v) is 1.24. The quantitative estimate of drug-likeness (QED) is 0.728. The Kier molecular flexibility index (Phi) is 3.99. The summed E-state index contributed by atoms with van der Waals surface area (Å²) in [5.41, 5.74) is 11.3. The van der Waals surface area contributed by atoms with Crippen molar-refractivity contribution in [2.24, 2.45) is 5.73 Å². The van der Waals surface area contributed by atoms with Gasteiger partial charge in [0.2, 0.25) is 0 Å². The first kappa shape index (κ1) is 12.2. The number of hydrogen-bond acceptors (Lipinski definition) is 4. The molecule has 0 fully saturated rings. The van der Waals surface area contributed by atoms with Gasteiger partial charge in [-0.3, -0.25) is 4.79 Å². The maximum atomic E-state index is 11.0. The van der Waals surface area contributed by atoms with E-state index in [0.717, 1.165) is 0 Å². The number of methoxy groups -OCH3 is 1. The van der Waals surface area contributed by atoms with E-state index in [1.165, 1.54) is 0 Å². The van der Waals surface area contributed by atoms with Gasteiger partial charge in [0, 0.05) is 6.07 Å². The Balaban J connectivity index is 2.90. The molecule has 1 unspecified atom stereocenters. The number of carbonyl (C=O) groups excluding carboxylic acids is 1. The molecule has 1 rings (SSSR count). The molecule has 0 bridgehead atoms. The average Bonchev–Trinajstić information content (AvgIpc) is 2.27. The van der Waals surface area contributed by atoms with Crippen molar-refractivity contribution in [3.63, 3.8) is 0 Å². The summed E-state index contributed by atoms with van der Waals surface area (Å²) in [5, 5.41) is 0. The fourth-order valence-electron chi connectivity index (χ4n) is 1.24. The number of benzene rings is 1. The Morgan fingerprint density at radius 1 is 1.50 bits per heavy atom. The first-order valence-electron chi connectivity index (χ1n) is 4.98. The molecule has 0 spiro atoms. The third-order valence-electron chi connectivity index (χ3n) is 2.18. The summed E-state index contributed by atoms with van der Waals surface area (Å²) >= 11 is 0. The lowest BCUT2D eigenvalue weighted by Crippen LogP contribution is -2.33. The van der Waals surface area contributed by atoms with Gasteiger partial charge in [0.15, 0.2) is 6.10 Å². The molecule has 1 amide bonds. The van der Waals surface area contributed by atoms with E-state index >= 15 is 0 Å². The zero-order valence-corrected chi connectivity index (χ0v) is 9.40. The zero-order chi connectivity index (χ0) is 12.1. The third kappa shape index (κ3) is 2.79. The first-order valence-corrected chi connectivity index (χ1v) is 4.98. The Hall–Kier alpha value is -1.91. The molecule has 5 nitrogen and oxygen atoms in total. The minimum atomic E-state index is -0.672. The average molecular weight is 224 g/mol. The highest BCUT2D eigenvalue weighted by Gasteiger charge is 2.16. The fraction of sp³-hybridized carbons (Fsp3) is 0.364. The third-order valence-corrected chi connectivity index (χ3v) is 2.18. The van der Waals surface area contributed by atoms with Gasteiger partial charge in [0.05, 0.1) is 12.8 Å². The summed E-state index contributed by atoms with van der Waals surface area (Å²) in [6.45, 7) is 1.81. The molecule has 0 saturated carbocycles. The number of nitrogens with two attached hydrogens (primary N) is 2. The number of anilines is 1. The summed E-state index contributed by atoms with van der Waals surface area (Å²) in [5.74, 6) is 0.512. The second kappa shape index (κ2) is 5.25. The van der Waals surface area contributed by atoms with Crippen molar-refractivity contribution < 1.29 is 14.3 Å². The van der Waals surface area contributed by atoms with Crippen LogP contribution in [0, 0.1) is 0 Å². The lowest BCUT2D eigenvalue weighted by molar-refractivity contribution is -0.124. The Morgan fingerprint density at radius 2 is 2.19 bits per heavy atom. The second-order valence-electron chi connectivity index (χ2n) is 3.32. The lowest BCUT2D eigenvalue weighted by atomic mass is 10.2. The molecule has 0 heterocycles. The highest BCUT2D eigenvalue weighted by molar-refractivity contribution is 5.79. The molecule has 1 atom stereocenters. The maximum Gasteiger partial charge on any atom is 0.258 e. The predicted octanol–water partition coefficient (Wildman–Crippen LogP) is 0.920. The summed E-state index contributed by atoms with van der Waals surface area (Å²) < 4.78 is 10.5. The number of ether oxygens (including phenoxy) is 2. The van der Waals surface area contributed by atoms with Crippen molar-refractivity contribution in [2.45, 2.75) is 19.4 Å². The molecule has 0 aromatic heterocycles. The van der Waals surface area contributed by atoms with Gasteiger partial charge in [-0.05, 0) is 18.6 Å². The van der Waals surface area contributed by atoms with E-state index in [2.05, 4.69) is 0 Å². The van der Waals surface area contributed by atoms with Gasteiger partial charge in [-0.1, -0.05) is 6.92 Å². The Bertz CT molecular complexity index is 379. The minimum absolute atomic E-state index is 0.407. The van der Waals surface area contributed by atoms with Crippen molar-refractivity contribution in [1.82, 2.24) is 0 Å². The van der Waals surface area contributed by atoms with E-state index in [1.807, 2.05) is 6.92 Å².